The van der Waals surface area contributed by atoms with Gasteiger partial charge in [0.05, 0.1) is 0 Å². The van der Waals surface area contributed by atoms with Gasteiger partial charge in [0.2, 0.25) is 11.8 Å². The highest BCUT2D eigenvalue weighted by Gasteiger charge is 2.24. The normalized spacial score (nSPS) is 17.0. The molecule has 1 aliphatic heterocycles. The number of benzene rings is 1. The van der Waals surface area contributed by atoms with Crippen molar-refractivity contribution in [3.05, 3.63) is 35.4 Å². The number of anilines is 1. The third kappa shape index (κ3) is 3.82. The molecule has 0 aliphatic carbocycles. The van der Waals surface area contributed by atoms with Crippen LogP contribution in [0.5, 0.6) is 0 Å². The molecule has 0 bridgehead atoms. The molecule has 3 rings (SSSR count). The highest BCUT2D eigenvalue weighted by atomic mass is 35.5. The Morgan fingerprint density at radius 1 is 1.48 bits per heavy atom. The molecular weight excluding hydrogens is 316 g/mol. The molecule has 6 nitrogen and oxygen atoms in total. The number of nitriles is 1. The van der Waals surface area contributed by atoms with Crippen molar-refractivity contribution in [2.45, 2.75) is 12.8 Å². The van der Waals surface area contributed by atoms with Crippen LogP contribution in [0.1, 0.15) is 12.8 Å². The Morgan fingerprint density at radius 3 is 2.96 bits per heavy atom. The molecule has 1 aliphatic rings. The third-order valence-electron chi connectivity index (χ3n) is 3.81. The lowest BCUT2D eigenvalue weighted by molar-refractivity contribution is -0.117. The number of rotatable bonds is 4. The summed E-state index contributed by atoms with van der Waals surface area (Å²) < 4.78 is 5.15. The van der Waals surface area contributed by atoms with Gasteiger partial charge in [-0.1, -0.05) is 28.9 Å². The number of halogens is 1. The van der Waals surface area contributed by atoms with E-state index in [-0.39, 0.29) is 11.8 Å². The van der Waals surface area contributed by atoms with Crippen molar-refractivity contribution in [3.8, 4) is 17.5 Å². The minimum Gasteiger partial charge on any atom is -0.338 e. The maximum absolute atomic E-state index is 12.0. The molecule has 1 saturated heterocycles. The zero-order valence-electron chi connectivity index (χ0n) is 12.3. The van der Waals surface area contributed by atoms with Crippen LogP contribution in [0, 0.1) is 17.4 Å². The molecule has 1 fully saturated rings. The third-order valence-corrected chi connectivity index (χ3v) is 4.07. The number of nitrogens with one attached hydrogen (secondary N) is 1. The van der Waals surface area contributed by atoms with Gasteiger partial charge in [-0.25, -0.2) is 0 Å². The smallest absolute Gasteiger partial charge is 0.231 e. The summed E-state index contributed by atoms with van der Waals surface area (Å²) in [6.07, 6.45) is 3.33. The summed E-state index contributed by atoms with van der Waals surface area (Å²) in [6, 6.07) is 8.88. The minimum atomic E-state index is -0.131. The van der Waals surface area contributed by atoms with E-state index in [1.165, 1.54) is 0 Å². The first-order valence-corrected chi connectivity index (χ1v) is 7.69. The molecule has 1 aromatic carbocycles. The van der Waals surface area contributed by atoms with Gasteiger partial charge in [-0.3, -0.25) is 10.1 Å². The standard InChI is InChI=1S/C16H15ClN4O2/c17-13-3-1-12(2-4-13)14-8-16(23-20-14)19-15(22)7-11-5-6-21(9-11)10-18/h1-4,8,11H,5-7,9H2,(H,19,22)/t11-/m1/s1. The van der Waals surface area contributed by atoms with Crippen LogP contribution in [0.25, 0.3) is 11.3 Å². The van der Waals surface area contributed by atoms with Gasteiger partial charge in [0, 0.05) is 36.2 Å². The van der Waals surface area contributed by atoms with Crippen LogP contribution >= 0.6 is 11.6 Å². The van der Waals surface area contributed by atoms with Crippen LogP contribution < -0.4 is 5.32 Å². The second-order valence-corrected chi connectivity index (χ2v) is 5.97. The van der Waals surface area contributed by atoms with Crippen LogP contribution in [0.3, 0.4) is 0 Å². The summed E-state index contributed by atoms with van der Waals surface area (Å²) in [5.74, 6) is 0.386. The van der Waals surface area contributed by atoms with E-state index >= 15 is 0 Å². The lowest BCUT2D eigenvalue weighted by Crippen LogP contribution is -2.19. The van der Waals surface area contributed by atoms with E-state index in [0.29, 0.717) is 29.6 Å². The second-order valence-electron chi connectivity index (χ2n) is 5.54. The van der Waals surface area contributed by atoms with Crippen molar-refractivity contribution in [2.75, 3.05) is 18.4 Å². The van der Waals surface area contributed by atoms with E-state index in [2.05, 4.69) is 16.7 Å². The fourth-order valence-electron chi connectivity index (χ4n) is 2.63. The maximum Gasteiger partial charge on any atom is 0.231 e. The van der Waals surface area contributed by atoms with E-state index < -0.39 is 0 Å². The van der Waals surface area contributed by atoms with Crippen molar-refractivity contribution >= 4 is 23.4 Å². The summed E-state index contributed by atoms with van der Waals surface area (Å²) in [6.45, 7) is 1.35. The Kier molecular flexibility index (Phi) is 4.49. The van der Waals surface area contributed by atoms with Crippen molar-refractivity contribution in [1.29, 1.82) is 5.26 Å². The number of hydrogen-bond donors (Lipinski definition) is 1. The van der Waals surface area contributed by atoms with Crippen LogP contribution in [-0.2, 0) is 4.79 Å². The van der Waals surface area contributed by atoms with Gasteiger partial charge in [-0.05, 0) is 24.5 Å². The first kappa shape index (κ1) is 15.4. The first-order chi connectivity index (χ1) is 11.1. The van der Waals surface area contributed by atoms with Crippen molar-refractivity contribution in [3.63, 3.8) is 0 Å². The van der Waals surface area contributed by atoms with Crippen LogP contribution in [0.15, 0.2) is 34.9 Å². The lowest BCUT2D eigenvalue weighted by Gasteiger charge is -2.08. The number of aromatic nitrogens is 1. The summed E-state index contributed by atoms with van der Waals surface area (Å²) in [4.78, 5) is 13.7. The van der Waals surface area contributed by atoms with E-state index in [1.54, 1.807) is 23.1 Å². The molecule has 118 valence electrons. The number of hydrogen-bond acceptors (Lipinski definition) is 5. The fraction of sp³-hybridized carbons (Fsp3) is 0.312. The summed E-state index contributed by atoms with van der Waals surface area (Å²) in [5.41, 5.74) is 1.49. The molecule has 1 aromatic heterocycles. The molecule has 0 radical (unpaired) electrons. The Morgan fingerprint density at radius 2 is 2.26 bits per heavy atom. The van der Waals surface area contributed by atoms with Gasteiger partial charge in [-0.2, -0.15) is 5.26 Å². The summed E-state index contributed by atoms with van der Waals surface area (Å²) in [5, 5.41) is 16.1. The van der Waals surface area contributed by atoms with Gasteiger partial charge in [0.15, 0.2) is 6.19 Å². The molecule has 0 unspecified atom stereocenters. The van der Waals surface area contributed by atoms with Gasteiger partial charge in [0.1, 0.15) is 5.69 Å². The van der Waals surface area contributed by atoms with Crippen molar-refractivity contribution in [1.82, 2.24) is 10.1 Å². The van der Waals surface area contributed by atoms with E-state index in [1.807, 2.05) is 12.1 Å². The monoisotopic (exact) mass is 330 g/mol. The molecule has 7 heteroatoms. The van der Waals surface area contributed by atoms with Gasteiger partial charge in [0.25, 0.3) is 0 Å². The topological polar surface area (TPSA) is 82.2 Å². The molecule has 1 N–H and O–H groups in total. The van der Waals surface area contributed by atoms with E-state index in [9.17, 15) is 4.79 Å². The average Bonchev–Trinajstić information content (AvgIpc) is 3.17. The summed E-state index contributed by atoms with van der Waals surface area (Å²) in [7, 11) is 0. The Bertz CT molecular complexity index is 735. The molecule has 23 heavy (non-hydrogen) atoms. The number of likely N-dealkylation sites (tertiary alicyclic amines) is 1. The lowest BCUT2D eigenvalue weighted by atomic mass is 10.0. The maximum atomic E-state index is 12.0. The Hall–Kier alpha value is -2.52. The molecule has 0 spiro atoms. The van der Waals surface area contributed by atoms with Crippen molar-refractivity contribution < 1.29 is 9.32 Å². The highest BCUT2D eigenvalue weighted by Crippen LogP contribution is 2.24. The zero-order chi connectivity index (χ0) is 16.2. The highest BCUT2D eigenvalue weighted by molar-refractivity contribution is 6.30. The minimum absolute atomic E-state index is 0.131. The second kappa shape index (κ2) is 6.71. The summed E-state index contributed by atoms with van der Waals surface area (Å²) >= 11 is 5.85. The molecule has 1 amide bonds. The molecule has 1 atom stereocenters. The predicted molar refractivity (Wildman–Crippen MR) is 85.5 cm³/mol. The van der Waals surface area contributed by atoms with Gasteiger partial charge < -0.3 is 9.42 Å². The largest absolute Gasteiger partial charge is 0.338 e. The fourth-order valence-corrected chi connectivity index (χ4v) is 2.76. The van der Waals surface area contributed by atoms with Crippen LogP contribution in [0.4, 0.5) is 5.88 Å². The van der Waals surface area contributed by atoms with E-state index in [4.69, 9.17) is 21.4 Å². The average molecular weight is 331 g/mol. The number of amides is 1. The molecular formula is C16H15ClN4O2. The Labute approximate surface area is 138 Å². The van der Waals surface area contributed by atoms with Crippen molar-refractivity contribution in [2.24, 2.45) is 5.92 Å². The number of carbonyl (C=O) groups excluding carboxylic acids is 1. The Balaban J connectivity index is 1.57. The number of nitrogens with zero attached hydrogens (tertiary/aromatic N) is 3. The SMILES string of the molecule is N#CN1CC[C@H](CC(=O)Nc2cc(-c3ccc(Cl)cc3)no2)C1. The quantitative estimate of drug-likeness (QED) is 0.871. The van der Waals surface area contributed by atoms with Gasteiger partial charge in [-0.15, -0.1) is 0 Å². The molecule has 0 saturated carbocycles. The van der Waals surface area contributed by atoms with E-state index in [0.717, 1.165) is 18.5 Å². The molecule has 2 aromatic rings. The number of carbonyl (C=O) groups is 1. The molecule has 2 heterocycles. The van der Waals surface area contributed by atoms with Crippen LogP contribution in [0.2, 0.25) is 5.02 Å². The first-order valence-electron chi connectivity index (χ1n) is 7.31. The predicted octanol–water partition coefficient (Wildman–Crippen LogP) is 3.13. The zero-order valence-corrected chi connectivity index (χ0v) is 13.1. The van der Waals surface area contributed by atoms with Gasteiger partial charge >= 0.3 is 0 Å². The van der Waals surface area contributed by atoms with Crippen LogP contribution in [-0.4, -0.2) is 29.1 Å².